The van der Waals surface area contributed by atoms with Gasteiger partial charge in [0.2, 0.25) is 5.91 Å². The lowest BCUT2D eigenvalue weighted by Gasteiger charge is -2.06. The van der Waals surface area contributed by atoms with Gasteiger partial charge in [-0.3, -0.25) is 9.59 Å². The number of rotatable bonds is 4. The number of likely N-dealkylation sites (N-methyl/N-ethyl adjacent to an activating group) is 1. The number of nitrogens with one attached hydrogen (secondary N) is 2. The highest BCUT2D eigenvalue weighted by atomic mass is 79.9. The van der Waals surface area contributed by atoms with E-state index < -0.39 is 0 Å². The van der Waals surface area contributed by atoms with E-state index >= 15 is 0 Å². The van der Waals surface area contributed by atoms with Crippen LogP contribution in [-0.2, 0) is 4.79 Å². The first kappa shape index (κ1) is 13.5. The van der Waals surface area contributed by atoms with Gasteiger partial charge in [0.25, 0.3) is 5.91 Å². The first-order chi connectivity index (χ1) is 8.04. The molecule has 1 rings (SSSR count). The van der Waals surface area contributed by atoms with Gasteiger partial charge in [-0.05, 0) is 41.1 Å². The molecule has 2 amide bonds. The second kappa shape index (κ2) is 6.24. The zero-order valence-corrected chi connectivity index (χ0v) is 11.0. The molecule has 92 valence electrons. The summed E-state index contributed by atoms with van der Waals surface area (Å²) in [6.07, 6.45) is 0. The van der Waals surface area contributed by atoms with Crippen molar-refractivity contribution in [1.29, 1.82) is 0 Å². The fraction of sp³-hybridized carbons (Fsp3) is 0.273. The van der Waals surface area contributed by atoms with E-state index in [1.54, 1.807) is 18.2 Å². The average molecular weight is 300 g/mol. The predicted molar refractivity (Wildman–Crippen MR) is 69.6 cm³/mol. The topological polar surface area (TPSA) is 84.2 Å². The standard InChI is InChI=1S/C11H14BrN3O2/c1-2-14-10(16)6-15-11(17)7-3-4-8(12)9(13)5-7/h3-5H,2,6,13H2,1H3,(H,14,16)(H,15,17). The molecule has 0 aliphatic rings. The molecule has 0 spiro atoms. The third kappa shape index (κ3) is 4.07. The maximum Gasteiger partial charge on any atom is 0.251 e. The van der Waals surface area contributed by atoms with Crippen molar-refractivity contribution < 1.29 is 9.59 Å². The number of benzene rings is 1. The highest BCUT2D eigenvalue weighted by Gasteiger charge is 2.08. The van der Waals surface area contributed by atoms with Crippen molar-refractivity contribution in [3.63, 3.8) is 0 Å². The minimum absolute atomic E-state index is 0.0390. The van der Waals surface area contributed by atoms with Crippen molar-refractivity contribution in [2.75, 3.05) is 18.8 Å². The Morgan fingerprint density at radius 1 is 1.35 bits per heavy atom. The number of hydrogen-bond donors (Lipinski definition) is 3. The molecule has 0 saturated heterocycles. The van der Waals surface area contributed by atoms with E-state index in [2.05, 4.69) is 26.6 Å². The van der Waals surface area contributed by atoms with Crippen LogP contribution in [0.25, 0.3) is 0 Å². The molecule has 0 radical (unpaired) electrons. The minimum Gasteiger partial charge on any atom is -0.398 e. The van der Waals surface area contributed by atoms with Gasteiger partial charge in [-0.2, -0.15) is 0 Å². The lowest BCUT2D eigenvalue weighted by Crippen LogP contribution is -2.36. The summed E-state index contributed by atoms with van der Waals surface area (Å²) in [6, 6.07) is 4.88. The Bertz CT molecular complexity index is 435. The Kier molecular flexibility index (Phi) is 4.96. The van der Waals surface area contributed by atoms with Gasteiger partial charge in [0.15, 0.2) is 0 Å². The third-order valence-corrected chi connectivity index (χ3v) is 2.76. The largest absolute Gasteiger partial charge is 0.398 e. The second-order valence-electron chi connectivity index (χ2n) is 3.37. The van der Waals surface area contributed by atoms with E-state index in [-0.39, 0.29) is 18.4 Å². The second-order valence-corrected chi connectivity index (χ2v) is 4.23. The van der Waals surface area contributed by atoms with Gasteiger partial charge in [-0.1, -0.05) is 0 Å². The zero-order chi connectivity index (χ0) is 12.8. The van der Waals surface area contributed by atoms with Gasteiger partial charge in [-0.15, -0.1) is 0 Å². The molecule has 0 saturated carbocycles. The molecule has 0 aromatic heterocycles. The Morgan fingerprint density at radius 2 is 2.06 bits per heavy atom. The molecule has 17 heavy (non-hydrogen) atoms. The number of halogens is 1. The molecule has 0 fully saturated rings. The van der Waals surface area contributed by atoms with Crippen LogP contribution in [0.1, 0.15) is 17.3 Å². The van der Waals surface area contributed by atoms with E-state index in [9.17, 15) is 9.59 Å². The van der Waals surface area contributed by atoms with Crippen LogP contribution in [-0.4, -0.2) is 24.9 Å². The van der Waals surface area contributed by atoms with Crippen LogP contribution in [0.3, 0.4) is 0 Å². The van der Waals surface area contributed by atoms with Crippen LogP contribution in [0, 0.1) is 0 Å². The number of anilines is 1. The monoisotopic (exact) mass is 299 g/mol. The number of carbonyl (C=O) groups is 2. The molecule has 0 unspecified atom stereocenters. The molecule has 0 aliphatic carbocycles. The van der Waals surface area contributed by atoms with Gasteiger partial charge in [-0.25, -0.2) is 0 Å². The molecule has 0 aliphatic heterocycles. The summed E-state index contributed by atoms with van der Waals surface area (Å²) in [6.45, 7) is 2.32. The molecule has 4 N–H and O–H groups in total. The molecule has 5 nitrogen and oxygen atoms in total. The maximum atomic E-state index is 11.7. The van der Waals surface area contributed by atoms with Crippen molar-refractivity contribution in [2.24, 2.45) is 0 Å². The van der Waals surface area contributed by atoms with Gasteiger partial charge >= 0.3 is 0 Å². The summed E-state index contributed by atoms with van der Waals surface area (Å²) in [4.78, 5) is 22.8. The van der Waals surface area contributed by atoms with E-state index in [1.165, 1.54) is 0 Å². The number of carbonyl (C=O) groups excluding carboxylic acids is 2. The fourth-order valence-corrected chi connectivity index (χ4v) is 1.45. The van der Waals surface area contributed by atoms with Crippen molar-refractivity contribution in [1.82, 2.24) is 10.6 Å². The molecule has 0 bridgehead atoms. The first-order valence-electron chi connectivity index (χ1n) is 5.14. The third-order valence-electron chi connectivity index (χ3n) is 2.04. The van der Waals surface area contributed by atoms with E-state index in [4.69, 9.17) is 5.73 Å². The fourth-order valence-electron chi connectivity index (χ4n) is 1.21. The smallest absolute Gasteiger partial charge is 0.251 e. The summed E-state index contributed by atoms with van der Waals surface area (Å²) in [5.74, 6) is -0.540. The van der Waals surface area contributed by atoms with E-state index in [1.807, 2.05) is 6.92 Å². The van der Waals surface area contributed by atoms with Gasteiger partial charge in [0.05, 0.1) is 6.54 Å². The number of amides is 2. The molecule has 6 heteroatoms. The highest BCUT2D eigenvalue weighted by molar-refractivity contribution is 9.10. The summed E-state index contributed by atoms with van der Waals surface area (Å²) < 4.78 is 0.734. The van der Waals surface area contributed by atoms with Crippen molar-refractivity contribution in [3.8, 4) is 0 Å². The van der Waals surface area contributed by atoms with Gasteiger partial charge in [0.1, 0.15) is 0 Å². The minimum atomic E-state index is -0.324. The van der Waals surface area contributed by atoms with Crippen LogP contribution in [0.15, 0.2) is 22.7 Å². The number of hydrogen-bond acceptors (Lipinski definition) is 3. The number of nitrogen functional groups attached to an aromatic ring is 1. The van der Waals surface area contributed by atoms with Gasteiger partial charge in [0, 0.05) is 22.3 Å². The average Bonchev–Trinajstić information content (AvgIpc) is 2.30. The zero-order valence-electron chi connectivity index (χ0n) is 9.42. The first-order valence-corrected chi connectivity index (χ1v) is 5.93. The predicted octanol–water partition coefficient (Wildman–Crippen LogP) is 0.897. The summed E-state index contributed by atoms with van der Waals surface area (Å²) in [7, 11) is 0. The Morgan fingerprint density at radius 3 is 2.65 bits per heavy atom. The Hall–Kier alpha value is -1.56. The van der Waals surface area contributed by atoms with Crippen LogP contribution in [0.5, 0.6) is 0 Å². The number of nitrogens with two attached hydrogens (primary N) is 1. The van der Waals surface area contributed by atoms with Gasteiger partial charge < -0.3 is 16.4 Å². The normalized spacial score (nSPS) is 9.76. The molecule has 0 atom stereocenters. The summed E-state index contributed by atoms with van der Waals surface area (Å²) >= 11 is 3.24. The van der Waals surface area contributed by atoms with Crippen LogP contribution in [0.4, 0.5) is 5.69 Å². The Balaban J connectivity index is 2.58. The summed E-state index contributed by atoms with van der Waals surface area (Å²) in [5, 5.41) is 5.10. The lowest BCUT2D eigenvalue weighted by atomic mass is 10.2. The van der Waals surface area contributed by atoms with Crippen LogP contribution >= 0.6 is 15.9 Å². The molecular weight excluding hydrogens is 286 g/mol. The Labute approximate surface area is 108 Å². The van der Waals surface area contributed by atoms with Crippen molar-refractivity contribution >= 4 is 33.4 Å². The molecule has 1 aromatic carbocycles. The highest BCUT2D eigenvalue weighted by Crippen LogP contribution is 2.19. The van der Waals surface area contributed by atoms with Crippen molar-refractivity contribution in [3.05, 3.63) is 28.2 Å². The quantitative estimate of drug-likeness (QED) is 0.722. The van der Waals surface area contributed by atoms with E-state index in [0.29, 0.717) is 17.8 Å². The summed E-state index contributed by atoms with van der Waals surface area (Å²) in [5.41, 5.74) is 6.56. The van der Waals surface area contributed by atoms with Crippen LogP contribution in [0.2, 0.25) is 0 Å². The lowest BCUT2D eigenvalue weighted by molar-refractivity contribution is -0.120. The molecule has 1 aromatic rings. The SMILES string of the molecule is CCNC(=O)CNC(=O)c1ccc(Br)c(N)c1. The van der Waals surface area contributed by atoms with Crippen LogP contribution < -0.4 is 16.4 Å². The maximum absolute atomic E-state index is 11.7. The molecular formula is C11H14BrN3O2. The molecule has 0 heterocycles. The van der Waals surface area contributed by atoms with E-state index in [0.717, 1.165) is 4.47 Å². The van der Waals surface area contributed by atoms with Crippen molar-refractivity contribution in [2.45, 2.75) is 6.92 Å².